The van der Waals surface area contributed by atoms with Gasteiger partial charge < -0.3 is 14.2 Å². The number of Topliss-reactive ketones (excluding diaryl/α,β-unsaturated/α-hetero) is 1. The molecule has 6 heteroatoms. The Bertz CT molecular complexity index is 912. The van der Waals surface area contributed by atoms with Gasteiger partial charge in [-0.25, -0.2) is 0 Å². The normalized spacial score (nSPS) is 22.9. The quantitative estimate of drug-likeness (QED) is 0.643. The van der Waals surface area contributed by atoms with Crippen LogP contribution in [0.2, 0.25) is 0 Å². The fourth-order valence-electron chi connectivity index (χ4n) is 4.58. The largest absolute Gasteiger partial charge is 0.497 e. The number of methoxy groups -OCH3 is 2. The van der Waals surface area contributed by atoms with E-state index < -0.39 is 11.8 Å². The molecule has 0 saturated carbocycles. The van der Waals surface area contributed by atoms with Crippen LogP contribution in [0, 0.1) is 11.3 Å². The van der Waals surface area contributed by atoms with Gasteiger partial charge in [0.15, 0.2) is 5.78 Å². The summed E-state index contributed by atoms with van der Waals surface area (Å²) in [5, 5.41) is 0. The average molecular weight is 414 g/mol. The predicted molar refractivity (Wildman–Crippen MR) is 115 cm³/mol. The Kier molecular flexibility index (Phi) is 6.34. The van der Waals surface area contributed by atoms with Crippen LogP contribution in [-0.2, 0) is 14.3 Å². The van der Waals surface area contributed by atoms with Crippen molar-refractivity contribution in [1.29, 1.82) is 0 Å². The van der Waals surface area contributed by atoms with Gasteiger partial charge >= 0.3 is 5.97 Å². The zero-order chi connectivity index (χ0) is 22.1. The molecule has 3 rings (SSSR count). The van der Waals surface area contributed by atoms with E-state index in [9.17, 15) is 9.59 Å². The van der Waals surface area contributed by atoms with Crippen molar-refractivity contribution in [2.75, 3.05) is 20.8 Å². The maximum Gasteiger partial charge on any atom is 0.315 e. The Morgan fingerprint density at radius 1 is 1.17 bits per heavy atom. The van der Waals surface area contributed by atoms with Crippen LogP contribution in [0.3, 0.4) is 0 Å². The summed E-state index contributed by atoms with van der Waals surface area (Å²) in [5.74, 6) is -0.266. The standard InChI is InChI=1S/C24H31NO5/c1-7-16-22(23(27)30-8-2)20(15-11-14(28-5)9-10-19(15)29-6)21-17(25-16)12-24(3,4)13-18(21)26/h9-11,20,22H,7-8,12-13H2,1-6H3/t20-,22?/m0/s1. The monoisotopic (exact) mass is 413 g/mol. The fraction of sp³-hybridized carbons (Fsp3) is 0.542. The first-order chi connectivity index (χ1) is 14.3. The maximum atomic E-state index is 13.4. The number of aliphatic imine (C=N–C) groups is 1. The van der Waals surface area contributed by atoms with Crippen LogP contribution in [0.15, 0.2) is 34.5 Å². The van der Waals surface area contributed by atoms with Gasteiger partial charge in [0.05, 0.1) is 20.8 Å². The molecule has 162 valence electrons. The van der Waals surface area contributed by atoms with E-state index in [-0.39, 0.29) is 23.8 Å². The lowest BCUT2D eigenvalue weighted by Crippen LogP contribution is -2.40. The molecule has 1 aromatic carbocycles. The summed E-state index contributed by atoms with van der Waals surface area (Å²) >= 11 is 0. The summed E-state index contributed by atoms with van der Waals surface area (Å²) < 4.78 is 16.5. The van der Waals surface area contributed by atoms with Gasteiger partial charge in [-0.2, -0.15) is 0 Å². The van der Waals surface area contributed by atoms with Crippen molar-refractivity contribution < 1.29 is 23.8 Å². The smallest absolute Gasteiger partial charge is 0.315 e. The molecule has 0 amide bonds. The van der Waals surface area contributed by atoms with Crippen LogP contribution in [-0.4, -0.2) is 38.3 Å². The second-order valence-corrected chi connectivity index (χ2v) is 8.57. The molecule has 1 heterocycles. The highest BCUT2D eigenvalue weighted by molar-refractivity contribution is 6.09. The van der Waals surface area contributed by atoms with E-state index in [0.29, 0.717) is 36.3 Å². The summed E-state index contributed by atoms with van der Waals surface area (Å²) in [5.41, 5.74) is 2.71. The van der Waals surface area contributed by atoms with E-state index in [1.165, 1.54) is 0 Å². The van der Waals surface area contributed by atoms with Crippen molar-refractivity contribution in [1.82, 2.24) is 0 Å². The van der Waals surface area contributed by atoms with Crippen molar-refractivity contribution in [3.63, 3.8) is 0 Å². The minimum atomic E-state index is -0.667. The Balaban J connectivity index is 2.28. The molecule has 1 aliphatic carbocycles. The molecule has 0 fully saturated rings. The lowest BCUT2D eigenvalue weighted by Gasteiger charge is -2.39. The van der Waals surface area contributed by atoms with Gasteiger partial charge in [0.2, 0.25) is 0 Å². The number of hydrogen-bond donors (Lipinski definition) is 0. The number of carbonyl (C=O) groups excluding carboxylic acids is 2. The zero-order valence-corrected chi connectivity index (χ0v) is 18.7. The minimum Gasteiger partial charge on any atom is -0.497 e. The summed E-state index contributed by atoms with van der Waals surface area (Å²) in [6.07, 6.45) is 1.70. The third-order valence-electron chi connectivity index (χ3n) is 5.85. The van der Waals surface area contributed by atoms with E-state index in [1.54, 1.807) is 27.2 Å². The van der Waals surface area contributed by atoms with Crippen molar-refractivity contribution in [3.05, 3.63) is 35.0 Å². The van der Waals surface area contributed by atoms with Crippen LogP contribution in [0.4, 0.5) is 0 Å². The Hall–Kier alpha value is -2.63. The van der Waals surface area contributed by atoms with E-state index in [1.807, 2.05) is 19.1 Å². The number of nitrogens with zero attached hydrogens (tertiary/aromatic N) is 1. The van der Waals surface area contributed by atoms with Crippen LogP contribution in [0.1, 0.15) is 58.4 Å². The molecule has 0 N–H and O–H groups in total. The van der Waals surface area contributed by atoms with E-state index in [0.717, 1.165) is 17.0 Å². The van der Waals surface area contributed by atoms with Gasteiger partial charge in [0.1, 0.15) is 17.4 Å². The zero-order valence-electron chi connectivity index (χ0n) is 18.7. The molecule has 0 bridgehead atoms. The minimum absolute atomic E-state index is 0.0318. The SMILES string of the molecule is CCOC(=O)C1C(CC)=NC2=C(C(=O)CC(C)(C)C2)[C@@H]1c1cc(OC)ccc1OC. The first-order valence-corrected chi connectivity index (χ1v) is 10.5. The molecule has 1 aromatic rings. The van der Waals surface area contributed by atoms with E-state index >= 15 is 0 Å². The second-order valence-electron chi connectivity index (χ2n) is 8.57. The molecule has 6 nitrogen and oxygen atoms in total. The number of rotatable bonds is 6. The molecule has 30 heavy (non-hydrogen) atoms. The molecule has 2 atom stereocenters. The number of benzene rings is 1. The van der Waals surface area contributed by atoms with Crippen molar-refractivity contribution in [2.24, 2.45) is 16.3 Å². The first-order valence-electron chi connectivity index (χ1n) is 10.5. The summed E-state index contributed by atoms with van der Waals surface area (Å²) in [6, 6.07) is 5.47. The van der Waals surface area contributed by atoms with Gasteiger partial charge in [-0.15, -0.1) is 0 Å². The molecule has 2 aliphatic rings. The van der Waals surface area contributed by atoms with Crippen molar-refractivity contribution >= 4 is 17.5 Å². The third-order valence-corrected chi connectivity index (χ3v) is 5.85. The number of ketones is 1. The van der Waals surface area contributed by atoms with Gasteiger partial charge in [0, 0.05) is 34.9 Å². The lowest BCUT2D eigenvalue weighted by atomic mass is 9.66. The molecule has 1 aliphatic heterocycles. The Morgan fingerprint density at radius 3 is 2.50 bits per heavy atom. The van der Waals surface area contributed by atoms with Crippen molar-refractivity contribution in [2.45, 2.75) is 52.9 Å². The van der Waals surface area contributed by atoms with Crippen LogP contribution in [0.5, 0.6) is 11.5 Å². The number of ether oxygens (including phenoxy) is 3. The topological polar surface area (TPSA) is 74.2 Å². The summed E-state index contributed by atoms with van der Waals surface area (Å²) in [6.45, 7) is 8.18. The van der Waals surface area contributed by atoms with E-state index in [4.69, 9.17) is 19.2 Å². The molecule has 0 aromatic heterocycles. The highest BCUT2D eigenvalue weighted by Gasteiger charge is 2.47. The fourth-order valence-corrected chi connectivity index (χ4v) is 4.58. The number of carbonyl (C=O) groups is 2. The van der Waals surface area contributed by atoms with Crippen LogP contribution < -0.4 is 9.47 Å². The number of hydrogen-bond acceptors (Lipinski definition) is 6. The molecule has 0 spiro atoms. The summed E-state index contributed by atoms with van der Waals surface area (Å²) in [7, 11) is 3.18. The summed E-state index contributed by atoms with van der Waals surface area (Å²) in [4.78, 5) is 31.3. The molecule has 1 unspecified atom stereocenters. The van der Waals surface area contributed by atoms with Gasteiger partial charge in [-0.1, -0.05) is 20.8 Å². The van der Waals surface area contributed by atoms with Gasteiger partial charge in [-0.05, 0) is 43.4 Å². The highest BCUT2D eigenvalue weighted by Crippen LogP contribution is 2.50. The van der Waals surface area contributed by atoms with Crippen LogP contribution in [0.25, 0.3) is 0 Å². The Morgan fingerprint density at radius 2 is 1.90 bits per heavy atom. The third kappa shape index (κ3) is 4.00. The molecule has 0 saturated heterocycles. The van der Waals surface area contributed by atoms with Gasteiger partial charge in [0.25, 0.3) is 0 Å². The second kappa shape index (κ2) is 8.62. The lowest BCUT2D eigenvalue weighted by molar-refractivity contribution is -0.146. The molecular weight excluding hydrogens is 382 g/mol. The van der Waals surface area contributed by atoms with Crippen LogP contribution >= 0.6 is 0 Å². The van der Waals surface area contributed by atoms with Gasteiger partial charge in [-0.3, -0.25) is 14.6 Å². The van der Waals surface area contributed by atoms with Crippen molar-refractivity contribution in [3.8, 4) is 11.5 Å². The van der Waals surface area contributed by atoms with E-state index in [2.05, 4.69) is 13.8 Å². The molecule has 0 radical (unpaired) electrons. The highest BCUT2D eigenvalue weighted by atomic mass is 16.5. The molecular formula is C24H31NO5. The average Bonchev–Trinajstić information content (AvgIpc) is 2.70. The Labute approximate surface area is 178 Å². The predicted octanol–water partition coefficient (Wildman–Crippen LogP) is 4.47. The maximum absolute atomic E-state index is 13.4. The number of esters is 1. The number of allylic oxidation sites excluding steroid dienone is 2. The first kappa shape index (κ1) is 22.1.